The third-order valence-electron chi connectivity index (χ3n) is 10.8. The van der Waals surface area contributed by atoms with Crippen molar-refractivity contribution in [1.29, 1.82) is 0 Å². The SMILES string of the molecule is CCCCCCCCCCCCCCCCCCc1ccc(-c2c3c(cc(-c4ccccc4)c2-c2ccccc2)-c2ccccc2C3)cc1. The Morgan fingerprint density at radius 3 is 1.47 bits per heavy atom. The second kappa shape index (κ2) is 18.7. The zero-order valence-electron chi connectivity index (χ0n) is 30.2. The van der Waals surface area contributed by atoms with Gasteiger partial charge < -0.3 is 0 Å². The molecule has 0 aliphatic heterocycles. The summed E-state index contributed by atoms with van der Waals surface area (Å²) in [5.41, 5.74) is 15.1. The summed E-state index contributed by atoms with van der Waals surface area (Å²) in [6.07, 6.45) is 24.8. The molecule has 0 unspecified atom stereocenters. The Balaban J connectivity index is 1.06. The van der Waals surface area contributed by atoms with Crippen LogP contribution in [-0.4, -0.2) is 0 Å². The van der Waals surface area contributed by atoms with Gasteiger partial charge in [-0.3, -0.25) is 0 Å². The van der Waals surface area contributed by atoms with Gasteiger partial charge in [0.25, 0.3) is 0 Å². The standard InChI is InChI=1S/C49H58/c1-2-3-4-5-6-7-8-9-10-11-12-13-14-15-16-19-26-39-33-35-42(36-34-39)49-47-37-43-31-24-25-32-44(43)46(47)38-45(40-27-20-17-21-28-40)48(49)41-29-22-18-23-30-41/h17-18,20-25,27-36,38H,2-16,19,26,37H2,1H3. The van der Waals surface area contributed by atoms with Gasteiger partial charge in [-0.2, -0.15) is 0 Å². The van der Waals surface area contributed by atoms with E-state index in [1.54, 1.807) is 0 Å². The predicted octanol–water partition coefficient (Wildman–Crippen LogP) is 15.1. The highest BCUT2D eigenvalue weighted by molar-refractivity contribution is 6.01. The summed E-state index contributed by atoms with van der Waals surface area (Å²) in [6, 6.07) is 43.1. The molecule has 0 saturated carbocycles. The first-order valence-corrected chi connectivity index (χ1v) is 19.8. The smallest absolute Gasteiger partial charge is 0.000705 e. The summed E-state index contributed by atoms with van der Waals surface area (Å²) in [7, 11) is 0. The molecule has 0 amide bonds. The molecule has 0 spiro atoms. The number of benzene rings is 5. The third kappa shape index (κ3) is 9.42. The first-order chi connectivity index (χ1) is 24.3. The zero-order valence-corrected chi connectivity index (χ0v) is 30.2. The van der Waals surface area contributed by atoms with Crippen LogP contribution in [0.2, 0.25) is 0 Å². The van der Waals surface area contributed by atoms with Crippen LogP contribution in [0.5, 0.6) is 0 Å². The highest BCUT2D eigenvalue weighted by Crippen LogP contribution is 2.50. The summed E-state index contributed by atoms with van der Waals surface area (Å²) in [4.78, 5) is 0. The van der Waals surface area contributed by atoms with E-state index in [-0.39, 0.29) is 0 Å². The molecule has 0 fully saturated rings. The third-order valence-corrected chi connectivity index (χ3v) is 10.8. The molecular formula is C49H58. The molecular weight excluding hydrogens is 589 g/mol. The van der Waals surface area contributed by atoms with Crippen LogP contribution < -0.4 is 0 Å². The van der Waals surface area contributed by atoms with E-state index in [9.17, 15) is 0 Å². The predicted molar refractivity (Wildman–Crippen MR) is 214 cm³/mol. The molecule has 1 aliphatic rings. The molecule has 6 rings (SSSR count). The van der Waals surface area contributed by atoms with E-state index in [0.717, 1.165) is 6.42 Å². The Labute approximate surface area is 298 Å². The van der Waals surface area contributed by atoms with Gasteiger partial charge in [0.2, 0.25) is 0 Å². The van der Waals surface area contributed by atoms with E-state index >= 15 is 0 Å². The Morgan fingerprint density at radius 1 is 0.388 bits per heavy atom. The van der Waals surface area contributed by atoms with Crippen LogP contribution in [0.4, 0.5) is 0 Å². The van der Waals surface area contributed by atoms with Crippen molar-refractivity contribution in [2.75, 3.05) is 0 Å². The topological polar surface area (TPSA) is 0 Å². The Bertz CT molecular complexity index is 1690. The van der Waals surface area contributed by atoms with Gasteiger partial charge in [-0.05, 0) is 86.5 Å². The van der Waals surface area contributed by atoms with Crippen molar-refractivity contribution in [3.63, 3.8) is 0 Å². The van der Waals surface area contributed by atoms with Crippen LogP contribution in [0.3, 0.4) is 0 Å². The average Bonchev–Trinajstić information content (AvgIpc) is 3.53. The number of rotatable bonds is 20. The van der Waals surface area contributed by atoms with Crippen LogP contribution in [-0.2, 0) is 12.8 Å². The van der Waals surface area contributed by atoms with Gasteiger partial charge in [0, 0.05) is 0 Å². The zero-order chi connectivity index (χ0) is 33.5. The van der Waals surface area contributed by atoms with Crippen molar-refractivity contribution < 1.29 is 0 Å². The number of hydrogen-bond donors (Lipinski definition) is 0. The summed E-state index contributed by atoms with van der Waals surface area (Å²) in [5.74, 6) is 0. The Kier molecular flexibility index (Phi) is 13.4. The fourth-order valence-corrected chi connectivity index (χ4v) is 8.06. The monoisotopic (exact) mass is 646 g/mol. The van der Waals surface area contributed by atoms with Gasteiger partial charge in [0.1, 0.15) is 0 Å². The van der Waals surface area contributed by atoms with Gasteiger partial charge in [-0.1, -0.05) is 212 Å². The number of unbranched alkanes of at least 4 members (excludes halogenated alkanes) is 15. The van der Waals surface area contributed by atoms with E-state index in [1.165, 1.54) is 170 Å². The maximum Gasteiger partial charge on any atom is -0.000705 e. The van der Waals surface area contributed by atoms with E-state index in [2.05, 4.69) is 122 Å². The van der Waals surface area contributed by atoms with Crippen LogP contribution in [0, 0.1) is 0 Å². The lowest BCUT2D eigenvalue weighted by atomic mass is 9.82. The molecule has 5 aromatic carbocycles. The van der Waals surface area contributed by atoms with E-state index in [4.69, 9.17) is 0 Å². The van der Waals surface area contributed by atoms with Crippen LogP contribution in [0.25, 0.3) is 44.5 Å². The minimum atomic E-state index is 0.983. The summed E-state index contributed by atoms with van der Waals surface area (Å²) in [6.45, 7) is 2.30. The Hall–Kier alpha value is -3.90. The van der Waals surface area contributed by atoms with Gasteiger partial charge >= 0.3 is 0 Å². The molecule has 0 aromatic heterocycles. The lowest BCUT2D eigenvalue weighted by molar-refractivity contribution is 0.529. The first-order valence-electron chi connectivity index (χ1n) is 19.8. The van der Waals surface area contributed by atoms with Crippen molar-refractivity contribution in [1.82, 2.24) is 0 Å². The van der Waals surface area contributed by atoms with Gasteiger partial charge in [0.15, 0.2) is 0 Å². The summed E-state index contributed by atoms with van der Waals surface area (Å²) in [5, 5.41) is 0. The van der Waals surface area contributed by atoms with Crippen molar-refractivity contribution in [3.05, 3.63) is 132 Å². The first kappa shape index (κ1) is 34.9. The minimum absolute atomic E-state index is 0.983. The number of hydrogen-bond acceptors (Lipinski definition) is 0. The molecule has 5 aromatic rings. The lowest BCUT2D eigenvalue weighted by Gasteiger charge is -2.21. The highest BCUT2D eigenvalue weighted by Gasteiger charge is 2.27. The molecule has 0 atom stereocenters. The molecule has 1 aliphatic carbocycles. The van der Waals surface area contributed by atoms with E-state index in [0.29, 0.717) is 0 Å². The average molecular weight is 647 g/mol. The van der Waals surface area contributed by atoms with E-state index < -0.39 is 0 Å². The lowest BCUT2D eigenvalue weighted by Crippen LogP contribution is -1.97. The van der Waals surface area contributed by atoms with Crippen molar-refractivity contribution in [2.45, 2.75) is 122 Å². The van der Waals surface area contributed by atoms with E-state index in [1.807, 2.05) is 0 Å². The van der Waals surface area contributed by atoms with Crippen molar-refractivity contribution >= 4 is 0 Å². The minimum Gasteiger partial charge on any atom is -0.0654 e. The molecule has 0 bridgehead atoms. The largest absolute Gasteiger partial charge is 0.0654 e. The molecule has 254 valence electrons. The van der Waals surface area contributed by atoms with Crippen molar-refractivity contribution in [2.24, 2.45) is 0 Å². The molecule has 0 nitrogen and oxygen atoms in total. The maximum atomic E-state index is 2.47. The number of fused-ring (bicyclic) bond motifs is 3. The fraction of sp³-hybridized carbons (Fsp3) is 0.388. The fourth-order valence-electron chi connectivity index (χ4n) is 8.06. The molecule has 0 N–H and O–H groups in total. The normalized spacial score (nSPS) is 11.9. The molecule has 0 radical (unpaired) electrons. The molecule has 0 saturated heterocycles. The van der Waals surface area contributed by atoms with Gasteiger partial charge in [-0.15, -0.1) is 0 Å². The van der Waals surface area contributed by atoms with Crippen LogP contribution in [0.1, 0.15) is 126 Å². The quantitative estimate of drug-likeness (QED) is 0.0724. The molecule has 49 heavy (non-hydrogen) atoms. The number of aryl methyl sites for hydroxylation is 1. The van der Waals surface area contributed by atoms with Gasteiger partial charge in [-0.25, -0.2) is 0 Å². The Morgan fingerprint density at radius 2 is 0.878 bits per heavy atom. The van der Waals surface area contributed by atoms with Gasteiger partial charge in [0.05, 0.1) is 0 Å². The highest BCUT2D eigenvalue weighted by atomic mass is 14.3. The second-order valence-electron chi connectivity index (χ2n) is 14.5. The molecule has 0 heterocycles. The second-order valence-corrected chi connectivity index (χ2v) is 14.5. The van der Waals surface area contributed by atoms with Crippen molar-refractivity contribution in [3.8, 4) is 44.5 Å². The summed E-state index contributed by atoms with van der Waals surface area (Å²) < 4.78 is 0. The summed E-state index contributed by atoms with van der Waals surface area (Å²) >= 11 is 0. The molecule has 0 heteroatoms. The van der Waals surface area contributed by atoms with Crippen LogP contribution >= 0.6 is 0 Å². The van der Waals surface area contributed by atoms with Crippen LogP contribution in [0.15, 0.2) is 115 Å². The maximum absolute atomic E-state index is 2.47.